The van der Waals surface area contributed by atoms with Crippen molar-refractivity contribution in [2.24, 2.45) is 11.8 Å². The van der Waals surface area contributed by atoms with E-state index in [0.717, 1.165) is 58.3 Å². The van der Waals surface area contributed by atoms with Crippen LogP contribution in [0.25, 0.3) is 10.9 Å². The van der Waals surface area contributed by atoms with Gasteiger partial charge < -0.3 is 14.0 Å². The Labute approximate surface area is 190 Å². The van der Waals surface area contributed by atoms with Crippen LogP contribution in [0.4, 0.5) is 5.69 Å². The van der Waals surface area contributed by atoms with E-state index in [2.05, 4.69) is 83.3 Å². The highest BCUT2D eigenvalue weighted by Gasteiger charge is 2.41. The van der Waals surface area contributed by atoms with Gasteiger partial charge in [0.2, 0.25) is 0 Å². The number of aryl methyl sites for hydroxylation is 2. The van der Waals surface area contributed by atoms with Gasteiger partial charge in [0.1, 0.15) is 7.36 Å². The number of rotatable bonds is 4. The van der Waals surface area contributed by atoms with Crippen molar-refractivity contribution in [1.82, 2.24) is 13.9 Å². The lowest BCUT2D eigenvalue weighted by Gasteiger charge is -2.47. The van der Waals surface area contributed by atoms with Crippen LogP contribution in [0.2, 0.25) is 0 Å². The van der Waals surface area contributed by atoms with Crippen LogP contribution in [0.3, 0.4) is 0 Å². The van der Waals surface area contributed by atoms with Crippen LogP contribution in [-0.4, -0.2) is 66.5 Å². The van der Waals surface area contributed by atoms with Crippen LogP contribution in [-0.2, 0) is 16.5 Å². The molecule has 3 aromatic rings. The van der Waals surface area contributed by atoms with Gasteiger partial charge in [0.25, 0.3) is 0 Å². The van der Waals surface area contributed by atoms with Gasteiger partial charge in [-0.25, -0.2) is 14.1 Å². The van der Waals surface area contributed by atoms with Crippen molar-refractivity contribution in [3.05, 3.63) is 59.8 Å². The van der Waals surface area contributed by atoms with E-state index in [9.17, 15) is 0 Å². The minimum Gasteiger partial charge on any atom is -0.379 e. The van der Waals surface area contributed by atoms with Crippen molar-refractivity contribution in [1.29, 1.82) is 0 Å². The molecule has 0 unspecified atom stereocenters. The van der Waals surface area contributed by atoms with Gasteiger partial charge in [-0.1, -0.05) is 36.4 Å². The molecule has 0 amide bonds. The molecule has 3 heterocycles. The summed E-state index contributed by atoms with van der Waals surface area (Å²) < 4.78 is 25.0. The quantitative estimate of drug-likeness (QED) is 0.549. The van der Waals surface area contributed by atoms with E-state index in [1.54, 1.807) is 0 Å². The second-order valence-electron chi connectivity index (χ2n) is 8.60. The van der Waals surface area contributed by atoms with Gasteiger partial charge in [-0.2, -0.15) is 0 Å². The molecule has 0 spiro atoms. The fourth-order valence-corrected chi connectivity index (χ4v) is 9.35. The predicted molar refractivity (Wildman–Crippen MR) is 132 cm³/mol. The molecule has 2 aliphatic rings. The minimum absolute atomic E-state index is 0.749. The van der Waals surface area contributed by atoms with E-state index in [4.69, 9.17) is 14.2 Å². The first kappa shape index (κ1) is 21.9. The minimum atomic E-state index is -2.30. The molecule has 2 fully saturated rings. The molecule has 170 valence electrons. The molecule has 6 nitrogen and oxygen atoms in total. The molecule has 2 aromatic carbocycles. The number of benzene rings is 2. The SMILES string of the molecule is Cc1ccccc1N=P(c1c(C)n(C)c2ccccc12)(N1CCOCC1)N1CCOCC1. The normalized spacial score (nSPS) is 18.8. The molecule has 5 rings (SSSR count). The number of para-hydroxylation sites is 1. The third kappa shape index (κ3) is 3.64. The Balaban J connectivity index is 1.88. The average molecular weight is 453 g/mol. The Kier molecular flexibility index (Phi) is 6.24. The van der Waals surface area contributed by atoms with Crippen molar-refractivity contribution in [3.63, 3.8) is 0 Å². The van der Waals surface area contributed by atoms with Crippen LogP contribution in [0.15, 0.2) is 53.3 Å². The summed E-state index contributed by atoms with van der Waals surface area (Å²) in [5.41, 5.74) is 4.88. The number of hydrogen-bond acceptors (Lipinski definition) is 3. The van der Waals surface area contributed by atoms with Crippen molar-refractivity contribution in [2.75, 3.05) is 52.6 Å². The summed E-state index contributed by atoms with van der Waals surface area (Å²) in [7, 11) is -0.117. The summed E-state index contributed by atoms with van der Waals surface area (Å²) in [6.45, 7) is 11.0. The van der Waals surface area contributed by atoms with Crippen molar-refractivity contribution >= 4 is 29.3 Å². The third-order valence-electron chi connectivity index (χ3n) is 6.79. The maximum absolute atomic E-state index is 5.80. The largest absolute Gasteiger partial charge is 0.379 e. The zero-order chi connectivity index (χ0) is 22.1. The molecule has 0 radical (unpaired) electrons. The third-order valence-corrected chi connectivity index (χ3v) is 10.8. The summed E-state index contributed by atoms with van der Waals surface area (Å²) in [6, 6.07) is 17.3. The zero-order valence-corrected chi connectivity index (χ0v) is 20.2. The van der Waals surface area contributed by atoms with Gasteiger partial charge >= 0.3 is 0 Å². The Morgan fingerprint density at radius 1 is 0.781 bits per heavy atom. The second kappa shape index (κ2) is 9.12. The van der Waals surface area contributed by atoms with E-state index in [1.807, 2.05) is 0 Å². The lowest BCUT2D eigenvalue weighted by atomic mass is 10.2. The van der Waals surface area contributed by atoms with E-state index in [1.165, 1.54) is 27.5 Å². The van der Waals surface area contributed by atoms with Crippen LogP contribution in [0, 0.1) is 13.8 Å². The molecular weight excluding hydrogens is 419 g/mol. The van der Waals surface area contributed by atoms with Crippen molar-refractivity contribution < 1.29 is 9.47 Å². The lowest BCUT2D eigenvalue weighted by molar-refractivity contribution is 0.0579. The number of aromatic nitrogens is 1. The van der Waals surface area contributed by atoms with Gasteiger partial charge in [-0.3, -0.25) is 0 Å². The second-order valence-corrected chi connectivity index (χ2v) is 11.5. The van der Waals surface area contributed by atoms with Gasteiger partial charge in [0, 0.05) is 55.1 Å². The van der Waals surface area contributed by atoms with Crippen LogP contribution in [0.1, 0.15) is 11.3 Å². The Hall–Kier alpha value is -1.95. The summed E-state index contributed by atoms with van der Waals surface area (Å²) in [4.78, 5) is 0. The predicted octanol–water partition coefficient (Wildman–Crippen LogP) is 4.45. The van der Waals surface area contributed by atoms with E-state index in [-0.39, 0.29) is 0 Å². The molecule has 0 aliphatic carbocycles. The van der Waals surface area contributed by atoms with Crippen molar-refractivity contribution in [3.8, 4) is 0 Å². The molecule has 0 saturated carbocycles. The number of nitrogens with zero attached hydrogens (tertiary/aromatic N) is 4. The van der Waals surface area contributed by atoms with E-state index in [0.29, 0.717) is 0 Å². The molecule has 0 N–H and O–H groups in total. The fourth-order valence-electron chi connectivity index (χ4n) is 5.01. The van der Waals surface area contributed by atoms with Crippen LogP contribution < -0.4 is 5.30 Å². The molecular formula is C25H33N4O2P. The first-order chi connectivity index (χ1) is 15.6. The summed E-state index contributed by atoms with van der Waals surface area (Å²) in [5, 5.41) is 2.71. The Bertz CT molecular complexity index is 1140. The maximum Gasteiger partial charge on any atom is 0.135 e. The monoisotopic (exact) mass is 452 g/mol. The molecule has 0 atom stereocenters. The molecule has 2 aliphatic heterocycles. The van der Waals surface area contributed by atoms with Gasteiger partial charge in [0.05, 0.1) is 32.1 Å². The van der Waals surface area contributed by atoms with Gasteiger partial charge in [-0.15, -0.1) is 0 Å². The fraction of sp³-hybridized carbons (Fsp3) is 0.440. The van der Waals surface area contributed by atoms with Crippen LogP contribution >= 0.6 is 7.36 Å². The first-order valence-electron chi connectivity index (χ1n) is 11.5. The lowest BCUT2D eigenvalue weighted by Crippen LogP contribution is -2.46. The van der Waals surface area contributed by atoms with Gasteiger partial charge in [0.15, 0.2) is 0 Å². The van der Waals surface area contributed by atoms with E-state index >= 15 is 0 Å². The molecule has 1 aromatic heterocycles. The smallest absolute Gasteiger partial charge is 0.135 e. The topological polar surface area (TPSA) is 42.2 Å². The highest BCUT2D eigenvalue weighted by atomic mass is 31.2. The molecule has 7 heteroatoms. The highest BCUT2D eigenvalue weighted by molar-refractivity contribution is 7.70. The molecule has 32 heavy (non-hydrogen) atoms. The average Bonchev–Trinajstić information content (AvgIpc) is 3.10. The zero-order valence-electron chi connectivity index (χ0n) is 19.3. The Morgan fingerprint density at radius 2 is 1.34 bits per heavy atom. The van der Waals surface area contributed by atoms with Crippen molar-refractivity contribution in [2.45, 2.75) is 13.8 Å². The van der Waals surface area contributed by atoms with Crippen LogP contribution in [0.5, 0.6) is 0 Å². The Morgan fingerprint density at radius 3 is 1.97 bits per heavy atom. The standard InChI is InChI=1S/C25H33N4O2P/c1-20-8-4-6-10-23(20)26-32(28-12-16-30-17-13-28,29-14-18-31-19-15-29)25-21(2)27(3)24-11-7-5-9-22(24)25/h4-11H,12-19H2,1-3H3. The first-order valence-corrected chi connectivity index (χ1v) is 13.2. The van der Waals surface area contributed by atoms with Gasteiger partial charge in [-0.05, 0) is 31.5 Å². The summed E-state index contributed by atoms with van der Waals surface area (Å²) >= 11 is 0. The van der Waals surface area contributed by atoms with E-state index < -0.39 is 7.36 Å². The number of fused-ring (bicyclic) bond motifs is 1. The highest BCUT2D eigenvalue weighted by Crippen LogP contribution is 2.60. The number of morpholine rings is 2. The number of ether oxygens (including phenoxy) is 2. The summed E-state index contributed by atoms with van der Waals surface area (Å²) in [6.07, 6.45) is 0. The maximum atomic E-state index is 5.80. The summed E-state index contributed by atoms with van der Waals surface area (Å²) in [5.74, 6) is 0. The molecule has 0 bridgehead atoms. The molecule has 2 saturated heterocycles. The number of hydrogen-bond donors (Lipinski definition) is 0.